The molecule has 0 heterocycles. The van der Waals surface area contributed by atoms with Crippen molar-refractivity contribution < 1.29 is 14.2 Å². The zero-order valence-electron chi connectivity index (χ0n) is 11.8. The molecule has 4 nitrogen and oxygen atoms in total. The highest BCUT2D eigenvalue weighted by molar-refractivity contribution is 6.32. The Labute approximate surface area is 120 Å². The second-order valence-corrected chi connectivity index (χ2v) is 4.35. The third kappa shape index (κ3) is 5.27. The summed E-state index contributed by atoms with van der Waals surface area (Å²) in [7, 11) is 1.68. The van der Waals surface area contributed by atoms with E-state index in [-0.39, 0.29) is 0 Å². The number of nitrogens with one attached hydrogen (secondary N) is 1. The fraction of sp³-hybridized carbons (Fsp3) is 0.571. The highest BCUT2D eigenvalue weighted by Gasteiger charge is 2.11. The lowest BCUT2D eigenvalue weighted by Crippen LogP contribution is -2.18. The predicted octanol–water partition coefficient (Wildman–Crippen LogP) is 2.87. The number of rotatable bonds is 9. The van der Waals surface area contributed by atoms with E-state index in [2.05, 4.69) is 5.32 Å². The van der Waals surface area contributed by atoms with Crippen molar-refractivity contribution in [3.05, 3.63) is 22.7 Å². The molecule has 0 aliphatic carbocycles. The van der Waals surface area contributed by atoms with Gasteiger partial charge in [-0.15, -0.1) is 0 Å². The number of hydrogen-bond donors (Lipinski definition) is 1. The Morgan fingerprint density at radius 2 is 1.89 bits per heavy atom. The summed E-state index contributed by atoms with van der Waals surface area (Å²) < 4.78 is 16.1. The summed E-state index contributed by atoms with van der Waals surface area (Å²) in [6.07, 6.45) is 0. The SMILES string of the molecule is CCOc1cc(CNCCOC)cc(Cl)c1OCC. The van der Waals surface area contributed by atoms with Crippen molar-refractivity contribution in [2.45, 2.75) is 20.4 Å². The molecule has 108 valence electrons. The molecule has 0 spiro atoms. The maximum absolute atomic E-state index is 6.23. The first kappa shape index (κ1) is 16.1. The van der Waals surface area contributed by atoms with E-state index in [9.17, 15) is 0 Å². The second kappa shape index (κ2) is 9.02. The summed E-state index contributed by atoms with van der Waals surface area (Å²) in [5.41, 5.74) is 1.06. The smallest absolute Gasteiger partial charge is 0.179 e. The van der Waals surface area contributed by atoms with E-state index in [0.29, 0.717) is 36.3 Å². The molecule has 0 saturated heterocycles. The molecule has 0 fully saturated rings. The molecule has 0 aliphatic rings. The maximum atomic E-state index is 6.23. The molecule has 5 heteroatoms. The van der Waals surface area contributed by atoms with Crippen LogP contribution in [-0.4, -0.2) is 33.5 Å². The Hall–Kier alpha value is -0.970. The van der Waals surface area contributed by atoms with Gasteiger partial charge in [0.25, 0.3) is 0 Å². The van der Waals surface area contributed by atoms with Crippen LogP contribution in [0.5, 0.6) is 11.5 Å². The quantitative estimate of drug-likeness (QED) is 0.709. The number of hydrogen-bond acceptors (Lipinski definition) is 4. The van der Waals surface area contributed by atoms with Crippen LogP contribution in [0.1, 0.15) is 19.4 Å². The molecule has 1 N–H and O–H groups in total. The summed E-state index contributed by atoms with van der Waals surface area (Å²) in [5, 5.41) is 3.85. The Morgan fingerprint density at radius 1 is 1.16 bits per heavy atom. The van der Waals surface area contributed by atoms with Crippen LogP contribution >= 0.6 is 11.6 Å². The molecule has 0 amide bonds. The summed E-state index contributed by atoms with van der Waals surface area (Å²) in [6, 6.07) is 3.86. The lowest BCUT2D eigenvalue weighted by atomic mass is 10.2. The van der Waals surface area contributed by atoms with E-state index >= 15 is 0 Å². The third-order valence-corrected chi connectivity index (χ3v) is 2.75. The number of benzene rings is 1. The van der Waals surface area contributed by atoms with Gasteiger partial charge in [0.2, 0.25) is 0 Å². The van der Waals surface area contributed by atoms with Crippen LogP contribution in [0.2, 0.25) is 5.02 Å². The van der Waals surface area contributed by atoms with Gasteiger partial charge in [-0.2, -0.15) is 0 Å². The van der Waals surface area contributed by atoms with Gasteiger partial charge in [0, 0.05) is 20.2 Å². The van der Waals surface area contributed by atoms with Crippen LogP contribution in [0, 0.1) is 0 Å². The average molecular weight is 288 g/mol. The highest BCUT2D eigenvalue weighted by Crippen LogP contribution is 2.36. The Balaban J connectivity index is 2.77. The highest BCUT2D eigenvalue weighted by atomic mass is 35.5. The molecule has 0 aromatic heterocycles. The zero-order valence-corrected chi connectivity index (χ0v) is 12.5. The van der Waals surface area contributed by atoms with Gasteiger partial charge in [-0.05, 0) is 31.5 Å². The van der Waals surface area contributed by atoms with Crippen LogP contribution in [0.3, 0.4) is 0 Å². The maximum Gasteiger partial charge on any atom is 0.179 e. The first-order valence-corrected chi connectivity index (χ1v) is 6.88. The molecule has 0 atom stereocenters. The van der Waals surface area contributed by atoms with Gasteiger partial charge >= 0.3 is 0 Å². The van der Waals surface area contributed by atoms with Crippen molar-refractivity contribution in [1.29, 1.82) is 0 Å². The zero-order chi connectivity index (χ0) is 14.1. The second-order valence-electron chi connectivity index (χ2n) is 3.94. The molecule has 1 aromatic carbocycles. The van der Waals surface area contributed by atoms with Crippen LogP contribution < -0.4 is 14.8 Å². The molecule has 0 aliphatic heterocycles. The van der Waals surface area contributed by atoms with E-state index in [4.69, 9.17) is 25.8 Å². The Kier molecular flexibility index (Phi) is 7.63. The Bertz CT molecular complexity index is 385. The molecule has 0 bridgehead atoms. The number of ether oxygens (including phenoxy) is 3. The standard InChI is InChI=1S/C14H22ClNO3/c1-4-18-13-9-11(10-16-6-7-17-3)8-12(15)14(13)19-5-2/h8-9,16H,4-7,10H2,1-3H3. The van der Waals surface area contributed by atoms with Crippen molar-refractivity contribution >= 4 is 11.6 Å². The fourth-order valence-corrected chi connectivity index (χ4v) is 1.97. The monoisotopic (exact) mass is 287 g/mol. The lowest BCUT2D eigenvalue weighted by molar-refractivity contribution is 0.199. The van der Waals surface area contributed by atoms with Crippen LogP contribution in [0.25, 0.3) is 0 Å². The van der Waals surface area contributed by atoms with Crippen molar-refractivity contribution in [1.82, 2.24) is 5.32 Å². The van der Waals surface area contributed by atoms with E-state index in [1.54, 1.807) is 7.11 Å². The van der Waals surface area contributed by atoms with Crippen LogP contribution in [-0.2, 0) is 11.3 Å². The average Bonchev–Trinajstić information content (AvgIpc) is 2.39. The molecule has 19 heavy (non-hydrogen) atoms. The van der Waals surface area contributed by atoms with E-state index in [0.717, 1.165) is 18.7 Å². The van der Waals surface area contributed by atoms with Crippen LogP contribution in [0.15, 0.2) is 12.1 Å². The Morgan fingerprint density at radius 3 is 2.53 bits per heavy atom. The summed E-state index contributed by atoms with van der Waals surface area (Å²) in [6.45, 7) is 7.20. The van der Waals surface area contributed by atoms with Gasteiger partial charge in [0.05, 0.1) is 24.8 Å². The predicted molar refractivity (Wildman–Crippen MR) is 77.4 cm³/mol. The number of halogens is 1. The van der Waals surface area contributed by atoms with Crippen molar-refractivity contribution in [2.24, 2.45) is 0 Å². The molecule has 1 rings (SSSR count). The first-order chi connectivity index (χ1) is 9.22. The molecule has 0 unspecified atom stereocenters. The van der Waals surface area contributed by atoms with Gasteiger partial charge in [-0.25, -0.2) is 0 Å². The summed E-state index contributed by atoms with van der Waals surface area (Å²) >= 11 is 6.23. The summed E-state index contributed by atoms with van der Waals surface area (Å²) in [4.78, 5) is 0. The third-order valence-electron chi connectivity index (χ3n) is 2.47. The van der Waals surface area contributed by atoms with Gasteiger partial charge < -0.3 is 19.5 Å². The molecular weight excluding hydrogens is 266 g/mol. The number of methoxy groups -OCH3 is 1. The van der Waals surface area contributed by atoms with E-state index in [1.165, 1.54) is 0 Å². The lowest BCUT2D eigenvalue weighted by Gasteiger charge is -2.14. The minimum atomic E-state index is 0.561. The minimum absolute atomic E-state index is 0.561. The molecule has 1 aromatic rings. The summed E-state index contributed by atoms with van der Waals surface area (Å²) in [5.74, 6) is 1.31. The molecular formula is C14H22ClNO3. The van der Waals surface area contributed by atoms with Gasteiger partial charge in [0.1, 0.15) is 0 Å². The van der Waals surface area contributed by atoms with Gasteiger partial charge in [-0.3, -0.25) is 0 Å². The normalized spacial score (nSPS) is 10.5. The van der Waals surface area contributed by atoms with Gasteiger partial charge in [-0.1, -0.05) is 11.6 Å². The van der Waals surface area contributed by atoms with E-state index < -0.39 is 0 Å². The van der Waals surface area contributed by atoms with Crippen LogP contribution in [0.4, 0.5) is 0 Å². The largest absolute Gasteiger partial charge is 0.490 e. The van der Waals surface area contributed by atoms with Crippen molar-refractivity contribution in [2.75, 3.05) is 33.5 Å². The fourth-order valence-electron chi connectivity index (χ4n) is 1.68. The molecule has 0 radical (unpaired) electrons. The topological polar surface area (TPSA) is 39.7 Å². The van der Waals surface area contributed by atoms with Crippen molar-refractivity contribution in [3.8, 4) is 11.5 Å². The molecule has 0 saturated carbocycles. The minimum Gasteiger partial charge on any atom is -0.490 e. The first-order valence-electron chi connectivity index (χ1n) is 6.50. The van der Waals surface area contributed by atoms with E-state index in [1.807, 2.05) is 26.0 Å². The van der Waals surface area contributed by atoms with Gasteiger partial charge in [0.15, 0.2) is 11.5 Å². The van der Waals surface area contributed by atoms with Crippen molar-refractivity contribution in [3.63, 3.8) is 0 Å².